The number of urea groups is 1. The fourth-order valence-corrected chi connectivity index (χ4v) is 4.48. The lowest BCUT2D eigenvalue weighted by atomic mass is 9.84. The van der Waals surface area contributed by atoms with Gasteiger partial charge in [-0.1, -0.05) is 6.92 Å². The van der Waals surface area contributed by atoms with Crippen molar-refractivity contribution in [2.75, 3.05) is 30.9 Å². The van der Waals surface area contributed by atoms with E-state index in [4.69, 9.17) is 14.2 Å². The van der Waals surface area contributed by atoms with Crippen LogP contribution in [0.1, 0.15) is 37.7 Å². The fourth-order valence-electron chi connectivity index (χ4n) is 4.48. The quantitative estimate of drug-likeness (QED) is 0.471. The lowest BCUT2D eigenvalue weighted by molar-refractivity contribution is -0.142. The number of carbonyl (C=O) groups excluding carboxylic acids is 2. The molecule has 3 amide bonds. The SMILES string of the molecule is CCCNC(=O)C[C@@H]1C[C@@H]2c3cc(NC(=O)Nc4ccc(OC)cc4)ccc3O[C@@H]2[C@@H](CO)O1. The second-order valence-corrected chi connectivity index (χ2v) is 8.52. The summed E-state index contributed by atoms with van der Waals surface area (Å²) in [6.45, 7) is 2.43. The summed E-state index contributed by atoms with van der Waals surface area (Å²) in [6.07, 6.45) is 0.513. The monoisotopic (exact) mass is 469 g/mol. The van der Waals surface area contributed by atoms with Crippen molar-refractivity contribution in [3.8, 4) is 11.5 Å². The molecule has 4 N–H and O–H groups in total. The van der Waals surface area contributed by atoms with Gasteiger partial charge in [0.05, 0.1) is 26.2 Å². The van der Waals surface area contributed by atoms with E-state index in [9.17, 15) is 14.7 Å². The molecule has 34 heavy (non-hydrogen) atoms. The molecule has 182 valence electrons. The first-order valence-corrected chi connectivity index (χ1v) is 11.6. The number of hydrogen-bond donors (Lipinski definition) is 4. The van der Waals surface area contributed by atoms with E-state index in [2.05, 4.69) is 16.0 Å². The minimum atomic E-state index is -0.523. The summed E-state index contributed by atoms with van der Waals surface area (Å²) in [4.78, 5) is 24.7. The zero-order valence-corrected chi connectivity index (χ0v) is 19.4. The van der Waals surface area contributed by atoms with Crippen LogP contribution in [0.2, 0.25) is 0 Å². The van der Waals surface area contributed by atoms with Gasteiger partial charge in [0.1, 0.15) is 23.7 Å². The highest BCUT2D eigenvalue weighted by atomic mass is 16.6. The molecule has 2 aromatic carbocycles. The van der Waals surface area contributed by atoms with Crippen LogP contribution in [0.5, 0.6) is 11.5 Å². The van der Waals surface area contributed by atoms with Gasteiger partial charge in [-0.3, -0.25) is 4.79 Å². The molecule has 2 heterocycles. The van der Waals surface area contributed by atoms with Gasteiger partial charge in [0.25, 0.3) is 0 Å². The van der Waals surface area contributed by atoms with Crippen molar-refractivity contribution in [2.45, 2.75) is 50.4 Å². The number of aliphatic hydroxyl groups is 1. The molecule has 0 aromatic heterocycles. The van der Waals surface area contributed by atoms with Crippen molar-refractivity contribution in [2.24, 2.45) is 0 Å². The van der Waals surface area contributed by atoms with Crippen LogP contribution in [0.4, 0.5) is 16.2 Å². The number of rotatable bonds is 8. The van der Waals surface area contributed by atoms with Crippen LogP contribution in [0.3, 0.4) is 0 Å². The number of methoxy groups -OCH3 is 1. The predicted molar refractivity (Wildman–Crippen MR) is 128 cm³/mol. The maximum atomic E-state index is 12.5. The molecule has 1 saturated heterocycles. The minimum absolute atomic E-state index is 0.0451. The number of ether oxygens (including phenoxy) is 3. The Kier molecular flexibility index (Phi) is 7.54. The zero-order valence-electron chi connectivity index (χ0n) is 19.4. The summed E-state index contributed by atoms with van der Waals surface area (Å²) in [6, 6.07) is 12.2. The van der Waals surface area contributed by atoms with Crippen LogP contribution in [-0.2, 0) is 9.53 Å². The smallest absolute Gasteiger partial charge is 0.323 e. The Morgan fingerprint density at radius 1 is 1.12 bits per heavy atom. The van der Waals surface area contributed by atoms with Crippen molar-refractivity contribution in [3.63, 3.8) is 0 Å². The number of fused-ring (bicyclic) bond motifs is 3. The first-order valence-electron chi connectivity index (χ1n) is 11.6. The van der Waals surface area contributed by atoms with E-state index in [-0.39, 0.29) is 43.1 Å². The number of anilines is 2. The van der Waals surface area contributed by atoms with Crippen LogP contribution in [-0.4, -0.2) is 55.6 Å². The van der Waals surface area contributed by atoms with E-state index in [0.29, 0.717) is 35.8 Å². The predicted octanol–water partition coefficient (Wildman–Crippen LogP) is 3.25. The Labute approximate surface area is 198 Å². The highest BCUT2D eigenvalue weighted by Gasteiger charge is 2.46. The summed E-state index contributed by atoms with van der Waals surface area (Å²) >= 11 is 0. The Hall–Kier alpha value is -3.30. The molecule has 9 nitrogen and oxygen atoms in total. The average molecular weight is 470 g/mol. The van der Waals surface area contributed by atoms with E-state index in [1.807, 2.05) is 19.1 Å². The molecule has 2 aromatic rings. The molecule has 0 radical (unpaired) electrons. The Morgan fingerprint density at radius 2 is 1.85 bits per heavy atom. The largest absolute Gasteiger partial charge is 0.497 e. The summed E-state index contributed by atoms with van der Waals surface area (Å²) in [7, 11) is 1.59. The van der Waals surface area contributed by atoms with Crippen LogP contribution in [0.15, 0.2) is 42.5 Å². The number of aliphatic hydroxyl groups excluding tert-OH is 1. The molecule has 4 atom stereocenters. The normalized spacial score (nSPS) is 22.7. The van der Waals surface area contributed by atoms with Gasteiger partial charge >= 0.3 is 6.03 Å². The summed E-state index contributed by atoms with van der Waals surface area (Å²) in [5.41, 5.74) is 2.20. The maximum absolute atomic E-state index is 12.5. The first-order chi connectivity index (χ1) is 16.5. The zero-order chi connectivity index (χ0) is 24.1. The fraction of sp³-hybridized carbons (Fsp3) is 0.440. The number of carbonyl (C=O) groups is 2. The molecule has 0 spiro atoms. The Balaban J connectivity index is 1.43. The van der Waals surface area contributed by atoms with Gasteiger partial charge in [-0.25, -0.2) is 4.79 Å². The second-order valence-electron chi connectivity index (χ2n) is 8.52. The van der Waals surface area contributed by atoms with Gasteiger partial charge in [-0.2, -0.15) is 0 Å². The van der Waals surface area contributed by atoms with E-state index in [1.54, 1.807) is 37.4 Å². The summed E-state index contributed by atoms with van der Waals surface area (Å²) in [5.74, 6) is 1.30. The standard InChI is InChI=1S/C25H31N3O6/c1-3-10-26-23(30)13-18-12-20-19-11-16(6-9-21(19)34-24(20)22(14-29)33-18)28-25(31)27-15-4-7-17(32-2)8-5-15/h4-9,11,18,20,22,24,29H,3,10,12-14H2,1-2H3,(H,26,30)(H2,27,28,31)/t18-,20+,22+,24-/m0/s1. The van der Waals surface area contributed by atoms with Crippen LogP contribution < -0.4 is 25.4 Å². The van der Waals surface area contributed by atoms with Gasteiger partial charge in [0.2, 0.25) is 5.91 Å². The van der Waals surface area contributed by atoms with Gasteiger partial charge in [0, 0.05) is 29.4 Å². The minimum Gasteiger partial charge on any atom is -0.497 e. The molecule has 2 aliphatic heterocycles. The molecular formula is C25H31N3O6. The maximum Gasteiger partial charge on any atom is 0.323 e. The van der Waals surface area contributed by atoms with Gasteiger partial charge in [-0.05, 0) is 55.3 Å². The number of benzene rings is 2. The average Bonchev–Trinajstić information content (AvgIpc) is 3.20. The lowest BCUT2D eigenvalue weighted by Crippen LogP contribution is -2.47. The van der Waals surface area contributed by atoms with Gasteiger partial charge in [-0.15, -0.1) is 0 Å². The number of amides is 3. The Morgan fingerprint density at radius 3 is 2.56 bits per heavy atom. The third-order valence-electron chi connectivity index (χ3n) is 6.09. The summed E-state index contributed by atoms with van der Waals surface area (Å²) in [5, 5.41) is 18.4. The van der Waals surface area contributed by atoms with Crippen molar-refractivity contribution in [1.82, 2.24) is 5.32 Å². The molecule has 9 heteroatoms. The molecule has 1 fully saturated rings. The van der Waals surface area contributed by atoms with E-state index < -0.39 is 6.10 Å². The number of nitrogens with one attached hydrogen (secondary N) is 3. The molecule has 0 unspecified atom stereocenters. The Bertz CT molecular complexity index is 1010. The molecule has 0 aliphatic carbocycles. The van der Waals surface area contributed by atoms with Crippen molar-refractivity contribution in [1.29, 1.82) is 0 Å². The highest BCUT2D eigenvalue weighted by Crippen LogP contribution is 2.47. The third kappa shape index (κ3) is 5.43. The van der Waals surface area contributed by atoms with Crippen LogP contribution in [0.25, 0.3) is 0 Å². The molecule has 0 bridgehead atoms. The third-order valence-corrected chi connectivity index (χ3v) is 6.09. The van der Waals surface area contributed by atoms with Crippen molar-refractivity contribution in [3.05, 3.63) is 48.0 Å². The van der Waals surface area contributed by atoms with E-state index in [1.165, 1.54) is 0 Å². The van der Waals surface area contributed by atoms with Gasteiger partial charge < -0.3 is 35.3 Å². The number of hydrogen-bond acceptors (Lipinski definition) is 6. The summed E-state index contributed by atoms with van der Waals surface area (Å²) < 4.78 is 17.2. The van der Waals surface area contributed by atoms with Crippen molar-refractivity contribution >= 4 is 23.3 Å². The highest BCUT2D eigenvalue weighted by molar-refractivity contribution is 5.99. The van der Waals surface area contributed by atoms with Gasteiger partial charge in [0.15, 0.2) is 0 Å². The lowest BCUT2D eigenvalue weighted by Gasteiger charge is -2.37. The topological polar surface area (TPSA) is 118 Å². The molecular weight excluding hydrogens is 438 g/mol. The van der Waals surface area contributed by atoms with E-state index in [0.717, 1.165) is 12.0 Å². The van der Waals surface area contributed by atoms with Crippen LogP contribution in [0, 0.1) is 0 Å². The molecule has 0 saturated carbocycles. The first kappa shape index (κ1) is 23.8. The van der Waals surface area contributed by atoms with Crippen LogP contribution >= 0.6 is 0 Å². The molecule has 4 rings (SSSR count). The molecule has 2 aliphatic rings. The second kappa shape index (κ2) is 10.8. The van der Waals surface area contributed by atoms with E-state index >= 15 is 0 Å². The van der Waals surface area contributed by atoms with Crippen molar-refractivity contribution < 1.29 is 28.9 Å².